The van der Waals surface area contributed by atoms with Crippen LogP contribution in [0.25, 0.3) is 0 Å². The molecule has 0 spiro atoms. The van der Waals surface area contributed by atoms with Gasteiger partial charge in [-0.2, -0.15) is 11.8 Å². The summed E-state index contributed by atoms with van der Waals surface area (Å²) < 4.78 is 0. The SMILES string of the molecule is CN=C(NCCCCSC)NCc1ccnc(N2CCN(C)CC2)c1.I. The van der Waals surface area contributed by atoms with Gasteiger partial charge < -0.3 is 20.4 Å². The van der Waals surface area contributed by atoms with Crippen LogP contribution in [0, 0.1) is 0 Å². The fraction of sp³-hybridized carbons (Fsp3) is 0.667. The maximum atomic E-state index is 4.55. The van der Waals surface area contributed by atoms with Crippen LogP contribution in [0.3, 0.4) is 0 Å². The quantitative estimate of drug-likeness (QED) is 0.251. The van der Waals surface area contributed by atoms with E-state index in [-0.39, 0.29) is 24.0 Å². The number of rotatable bonds is 8. The number of piperazine rings is 1. The van der Waals surface area contributed by atoms with E-state index < -0.39 is 0 Å². The molecule has 0 amide bonds. The molecule has 0 bridgehead atoms. The summed E-state index contributed by atoms with van der Waals surface area (Å²) in [6.45, 7) is 5.99. The van der Waals surface area contributed by atoms with Crippen LogP contribution in [0.2, 0.25) is 0 Å². The van der Waals surface area contributed by atoms with Gasteiger partial charge in [0.25, 0.3) is 0 Å². The van der Waals surface area contributed by atoms with Crippen molar-refractivity contribution >= 4 is 47.5 Å². The second kappa shape index (κ2) is 13.4. The van der Waals surface area contributed by atoms with Gasteiger partial charge in [-0.15, -0.1) is 24.0 Å². The molecule has 6 nitrogen and oxygen atoms in total. The van der Waals surface area contributed by atoms with Gasteiger partial charge in [0.2, 0.25) is 0 Å². The van der Waals surface area contributed by atoms with Gasteiger partial charge in [0.05, 0.1) is 0 Å². The zero-order valence-electron chi connectivity index (χ0n) is 16.2. The molecule has 148 valence electrons. The molecule has 0 saturated carbocycles. The molecule has 2 N–H and O–H groups in total. The number of hydrogen-bond acceptors (Lipinski definition) is 5. The van der Waals surface area contributed by atoms with E-state index in [4.69, 9.17) is 0 Å². The number of aliphatic imine (C=N–C) groups is 1. The molecule has 0 aromatic carbocycles. The van der Waals surface area contributed by atoms with Crippen molar-refractivity contribution in [2.75, 3.05) is 63.7 Å². The number of nitrogens with one attached hydrogen (secondary N) is 2. The van der Waals surface area contributed by atoms with Gasteiger partial charge in [0.1, 0.15) is 5.82 Å². The first-order chi connectivity index (χ1) is 12.2. The lowest BCUT2D eigenvalue weighted by Crippen LogP contribution is -2.44. The highest BCUT2D eigenvalue weighted by atomic mass is 127. The van der Waals surface area contributed by atoms with E-state index in [1.165, 1.54) is 24.2 Å². The number of hydrogen-bond donors (Lipinski definition) is 2. The average Bonchev–Trinajstić information content (AvgIpc) is 2.65. The lowest BCUT2D eigenvalue weighted by Gasteiger charge is -2.33. The number of halogens is 1. The third-order valence-electron chi connectivity index (χ3n) is 4.39. The van der Waals surface area contributed by atoms with E-state index in [1.54, 1.807) is 0 Å². The van der Waals surface area contributed by atoms with Crippen LogP contribution in [0.15, 0.2) is 23.3 Å². The van der Waals surface area contributed by atoms with Gasteiger partial charge >= 0.3 is 0 Å². The van der Waals surface area contributed by atoms with Crippen LogP contribution in [0.5, 0.6) is 0 Å². The van der Waals surface area contributed by atoms with Crippen molar-refractivity contribution in [2.24, 2.45) is 4.99 Å². The molecule has 1 aromatic heterocycles. The van der Waals surface area contributed by atoms with Crippen LogP contribution >= 0.6 is 35.7 Å². The molecule has 0 atom stereocenters. The molecule has 2 heterocycles. The molecule has 1 aliphatic rings. The fourth-order valence-electron chi connectivity index (χ4n) is 2.76. The third-order valence-corrected chi connectivity index (χ3v) is 5.09. The Labute approximate surface area is 179 Å². The number of anilines is 1. The first-order valence-corrected chi connectivity index (χ1v) is 10.4. The normalized spacial score (nSPS) is 15.5. The summed E-state index contributed by atoms with van der Waals surface area (Å²) in [4.78, 5) is 13.6. The largest absolute Gasteiger partial charge is 0.356 e. The smallest absolute Gasteiger partial charge is 0.191 e. The summed E-state index contributed by atoms with van der Waals surface area (Å²) in [5.74, 6) is 3.16. The third kappa shape index (κ3) is 8.30. The molecule has 1 aromatic rings. The van der Waals surface area contributed by atoms with Crippen molar-refractivity contribution in [3.8, 4) is 0 Å². The van der Waals surface area contributed by atoms with Crippen LogP contribution in [0.1, 0.15) is 18.4 Å². The fourth-order valence-corrected chi connectivity index (χ4v) is 3.26. The zero-order valence-corrected chi connectivity index (χ0v) is 19.3. The number of aromatic nitrogens is 1. The van der Waals surface area contributed by atoms with Crippen molar-refractivity contribution in [1.29, 1.82) is 0 Å². The van der Waals surface area contributed by atoms with E-state index >= 15 is 0 Å². The van der Waals surface area contributed by atoms with Crippen LogP contribution < -0.4 is 15.5 Å². The topological polar surface area (TPSA) is 55.8 Å². The van der Waals surface area contributed by atoms with Gasteiger partial charge in [0.15, 0.2) is 5.96 Å². The average molecular weight is 492 g/mol. The Balaban J connectivity index is 0.00000338. The van der Waals surface area contributed by atoms with Gasteiger partial charge in [-0.05, 0) is 49.6 Å². The number of pyridine rings is 1. The molecular weight excluding hydrogens is 459 g/mol. The highest BCUT2D eigenvalue weighted by Crippen LogP contribution is 2.14. The molecule has 8 heteroatoms. The van der Waals surface area contributed by atoms with E-state index in [9.17, 15) is 0 Å². The molecule has 0 radical (unpaired) electrons. The summed E-state index contributed by atoms with van der Waals surface area (Å²) in [5, 5.41) is 6.77. The van der Waals surface area contributed by atoms with Crippen LogP contribution in [-0.2, 0) is 6.54 Å². The van der Waals surface area contributed by atoms with Crippen molar-refractivity contribution in [2.45, 2.75) is 19.4 Å². The van der Waals surface area contributed by atoms with Crippen molar-refractivity contribution in [3.63, 3.8) is 0 Å². The molecule has 26 heavy (non-hydrogen) atoms. The number of nitrogens with zero attached hydrogens (tertiary/aromatic N) is 4. The number of likely N-dealkylation sites (N-methyl/N-ethyl adjacent to an activating group) is 1. The zero-order chi connectivity index (χ0) is 17.9. The molecule has 2 rings (SSSR count). The standard InChI is InChI=1S/C18H32N6S.HI/c1-19-18(21-7-4-5-13-25-3)22-15-16-6-8-20-17(14-16)24-11-9-23(2)10-12-24;/h6,8,14H,4-5,7,9-13,15H2,1-3H3,(H2,19,21,22);1H. The Morgan fingerprint density at radius 1 is 1.23 bits per heavy atom. The number of guanidine groups is 1. The molecule has 0 aliphatic carbocycles. The first-order valence-electron chi connectivity index (χ1n) is 9.05. The Hall–Kier alpha value is -0.740. The molecule has 1 aliphatic heterocycles. The van der Waals surface area contributed by atoms with Crippen molar-refractivity contribution < 1.29 is 0 Å². The summed E-state index contributed by atoms with van der Waals surface area (Å²) in [5.41, 5.74) is 1.23. The second-order valence-corrected chi connectivity index (χ2v) is 7.35. The Kier molecular flexibility index (Phi) is 12.0. The number of thioether (sulfide) groups is 1. The molecule has 0 unspecified atom stereocenters. The van der Waals surface area contributed by atoms with Crippen molar-refractivity contribution in [1.82, 2.24) is 20.5 Å². The minimum absolute atomic E-state index is 0. The molecule has 1 saturated heterocycles. The Morgan fingerprint density at radius 3 is 2.69 bits per heavy atom. The highest BCUT2D eigenvalue weighted by molar-refractivity contribution is 14.0. The summed E-state index contributed by atoms with van der Waals surface area (Å²) in [7, 11) is 3.99. The molecule has 1 fully saturated rings. The van der Waals surface area contributed by atoms with E-state index in [0.29, 0.717) is 0 Å². The second-order valence-electron chi connectivity index (χ2n) is 6.37. The maximum absolute atomic E-state index is 4.55. The highest BCUT2D eigenvalue weighted by Gasteiger charge is 2.15. The lowest BCUT2D eigenvalue weighted by molar-refractivity contribution is 0.312. The summed E-state index contributed by atoms with van der Waals surface area (Å²) in [6.07, 6.45) is 6.47. The number of unbranched alkanes of at least 4 members (excludes halogenated alkanes) is 1. The summed E-state index contributed by atoms with van der Waals surface area (Å²) >= 11 is 1.90. The van der Waals surface area contributed by atoms with Gasteiger partial charge in [0, 0.05) is 52.5 Å². The Bertz CT molecular complexity index is 534. The van der Waals surface area contributed by atoms with E-state index in [2.05, 4.69) is 55.8 Å². The van der Waals surface area contributed by atoms with Gasteiger partial charge in [-0.3, -0.25) is 4.99 Å². The van der Waals surface area contributed by atoms with Gasteiger partial charge in [-0.25, -0.2) is 4.98 Å². The first kappa shape index (κ1) is 23.3. The maximum Gasteiger partial charge on any atom is 0.191 e. The molecular formula is C18H33IN6S. The predicted octanol–water partition coefficient (Wildman–Crippen LogP) is 2.26. The van der Waals surface area contributed by atoms with E-state index in [0.717, 1.165) is 51.0 Å². The van der Waals surface area contributed by atoms with Crippen molar-refractivity contribution in [3.05, 3.63) is 23.9 Å². The minimum atomic E-state index is 0. The lowest BCUT2D eigenvalue weighted by atomic mass is 10.2. The van der Waals surface area contributed by atoms with E-state index in [1.807, 2.05) is 25.0 Å². The predicted molar refractivity (Wildman–Crippen MR) is 125 cm³/mol. The monoisotopic (exact) mass is 492 g/mol. The van der Waals surface area contributed by atoms with Crippen LogP contribution in [-0.4, -0.2) is 74.7 Å². The van der Waals surface area contributed by atoms with Crippen LogP contribution in [0.4, 0.5) is 5.82 Å². The minimum Gasteiger partial charge on any atom is -0.356 e. The summed E-state index contributed by atoms with van der Waals surface area (Å²) in [6, 6.07) is 4.25. The van der Waals surface area contributed by atoms with Gasteiger partial charge in [-0.1, -0.05) is 0 Å². The Morgan fingerprint density at radius 2 is 2.00 bits per heavy atom.